The van der Waals surface area contributed by atoms with Gasteiger partial charge in [-0.3, -0.25) is 9.59 Å². The first kappa shape index (κ1) is 14.8. The van der Waals surface area contributed by atoms with Crippen molar-refractivity contribution in [3.63, 3.8) is 0 Å². The Hall–Kier alpha value is -1.63. The number of carboxylic acid groups (broad SMARTS) is 1. The van der Waals surface area contributed by atoms with Crippen molar-refractivity contribution >= 4 is 23.6 Å². The zero-order chi connectivity index (χ0) is 14.7. The molecule has 4 nitrogen and oxygen atoms in total. The van der Waals surface area contributed by atoms with E-state index in [0.29, 0.717) is 11.5 Å². The Morgan fingerprint density at radius 1 is 1.35 bits per heavy atom. The molecule has 1 atom stereocenters. The molecule has 108 valence electrons. The number of benzene rings is 1. The molecule has 0 spiro atoms. The predicted molar refractivity (Wildman–Crippen MR) is 70.8 cm³/mol. The molecule has 2 rings (SSSR count). The molecule has 1 aromatic rings. The molecule has 0 aliphatic carbocycles. The molecule has 1 aliphatic heterocycles. The highest BCUT2D eigenvalue weighted by atomic mass is 32.2. The van der Waals surface area contributed by atoms with Gasteiger partial charge in [-0.05, 0) is 12.1 Å². The largest absolute Gasteiger partial charge is 0.481 e. The van der Waals surface area contributed by atoms with Crippen molar-refractivity contribution in [2.45, 2.75) is 12.5 Å². The molecule has 0 saturated carbocycles. The molecule has 1 N–H and O–H groups in total. The second-order valence-electron chi connectivity index (χ2n) is 4.42. The molecule has 0 bridgehead atoms. The maximum Gasteiger partial charge on any atom is 0.305 e. The van der Waals surface area contributed by atoms with Crippen LogP contribution >= 0.6 is 11.8 Å². The zero-order valence-electron chi connectivity index (χ0n) is 10.5. The van der Waals surface area contributed by atoms with E-state index in [1.807, 2.05) is 0 Å². The third kappa shape index (κ3) is 3.09. The number of carboxylic acids is 1. The highest BCUT2D eigenvalue weighted by molar-refractivity contribution is 7.99. The van der Waals surface area contributed by atoms with Crippen LogP contribution in [0.3, 0.4) is 0 Å². The summed E-state index contributed by atoms with van der Waals surface area (Å²) in [5.74, 6) is -2.60. The normalized spacial score (nSPS) is 18.9. The van der Waals surface area contributed by atoms with Crippen LogP contribution in [0.5, 0.6) is 0 Å². The minimum absolute atomic E-state index is 0.227. The molecule has 1 amide bonds. The number of halogens is 2. The number of thioether (sulfide) groups is 1. The summed E-state index contributed by atoms with van der Waals surface area (Å²) < 4.78 is 27.3. The van der Waals surface area contributed by atoms with Crippen LogP contribution in [-0.4, -0.2) is 46.0 Å². The smallest absolute Gasteiger partial charge is 0.305 e. The average Bonchev–Trinajstić information content (AvgIpc) is 2.38. The standard InChI is InChI=1S/C13H13F2NO3S/c14-9-2-1-3-10(15)12(9)13(19)16-4-5-20-7-8(16)6-11(17)18/h1-3,8H,4-7H2,(H,17,18). The highest BCUT2D eigenvalue weighted by Gasteiger charge is 2.32. The minimum atomic E-state index is -1.04. The lowest BCUT2D eigenvalue weighted by atomic mass is 10.1. The van der Waals surface area contributed by atoms with Gasteiger partial charge in [-0.1, -0.05) is 6.07 Å². The zero-order valence-corrected chi connectivity index (χ0v) is 11.3. The van der Waals surface area contributed by atoms with E-state index in [9.17, 15) is 18.4 Å². The van der Waals surface area contributed by atoms with E-state index >= 15 is 0 Å². The number of nitrogens with zero attached hydrogens (tertiary/aromatic N) is 1. The molecule has 1 heterocycles. The first-order valence-electron chi connectivity index (χ1n) is 6.05. The maximum absolute atomic E-state index is 13.6. The lowest BCUT2D eigenvalue weighted by Crippen LogP contribution is -2.47. The highest BCUT2D eigenvalue weighted by Crippen LogP contribution is 2.23. The van der Waals surface area contributed by atoms with Gasteiger partial charge in [0.15, 0.2) is 0 Å². The quantitative estimate of drug-likeness (QED) is 0.927. The van der Waals surface area contributed by atoms with Gasteiger partial charge in [-0.25, -0.2) is 8.78 Å². The Labute approximate surface area is 118 Å². The van der Waals surface area contributed by atoms with Crippen molar-refractivity contribution in [1.82, 2.24) is 4.90 Å². The number of hydrogen-bond acceptors (Lipinski definition) is 3. The summed E-state index contributed by atoms with van der Waals surface area (Å²) in [6, 6.07) is 2.67. The van der Waals surface area contributed by atoms with Crippen LogP contribution in [0.1, 0.15) is 16.8 Å². The van der Waals surface area contributed by atoms with E-state index in [4.69, 9.17) is 5.11 Å². The summed E-state index contributed by atoms with van der Waals surface area (Å²) in [7, 11) is 0. The fourth-order valence-electron chi connectivity index (χ4n) is 2.14. The van der Waals surface area contributed by atoms with E-state index in [1.165, 1.54) is 22.7 Å². The topological polar surface area (TPSA) is 57.6 Å². The second-order valence-corrected chi connectivity index (χ2v) is 5.57. The summed E-state index contributed by atoms with van der Waals surface area (Å²) >= 11 is 1.53. The Bertz CT molecular complexity index is 518. The van der Waals surface area contributed by atoms with E-state index in [2.05, 4.69) is 0 Å². The van der Waals surface area contributed by atoms with Gasteiger partial charge < -0.3 is 10.0 Å². The van der Waals surface area contributed by atoms with Gasteiger partial charge in [0.25, 0.3) is 5.91 Å². The van der Waals surface area contributed by atoms with E-state index in [1.54, 1.807) is 0 Å². The van der Waals surface area contributed by atoms with Crippen molar-refractivity contribution in [2.24, 2.45) is 0 Å². The van der Waals surface area contributed by atoms with Crippen LogP contribution in [0.25, 0.3) is 0 Å². The molecular formula is C13H13F2NO3S. The number of aliphatic carboxylic acids is 1. The fraction of sp³-hybridized carbons (Fsp3) is 0.385. The molecular weight excluding hydrogens is 288 g/mol. The number of rotatable bonds is 3. The lowest BCUT2D eigenvalue weighted by molar-refractivity contribution is -0.138. The van der Waals surface area contributed by atoms with Crippen LogP contribution in [0, 0.1) is 11.6 Å². The SMILES string of the molecule is O=C(O)CC1CSCCN1C(=O)c1c(F)cccc1F. The van der Waals surface area contributed by atoms with Crippen LogP contribution in [-0.2, 0) is 4.79 Å². The second kappa shape index (κ2) is 6.21. The lowest BCUT2D eigenvalue weighted by Gasteiger charge is -2.34. The summed E-state index contributed by atoms with van der Waals surface area (Å²) in [5.41, 5.74) is -0.616. The van der Waals surface area contributed by atoms with Crippen LogP contribution < -0.4 is 0 Å². The van der Waals surface area contributed by atoms with Crippen molar-refractivity contribution < 1.29 is 23.5 Å². The van der Waals surface area contributed by atoms with Gasteiger partial charge in [-0.2, -0.15) is 11.8 Å². The number of amides is 1. The summed E-state index contributed by atoms with van der Waals surface area (Å²) in [5, 5.41) is 8.85. The summed E-state index contributed by atoms with van der Waals surface area (Å²) in [6.07, 6.45) is -0.227. The van der Waals surface area contributed by atoms with Gasteiger partial charge in [0.05, 0.1) is 12.5 Å². The van der Waals surface area contributed by atoms with Gasteiger partial charge in [0.1, 0.15) is 17.2 Å². The molecule has 7 heteroatoms. The van der Waals surface area contributed by atoms with Crippen molar-refractivity contribution in [3.8, 4) is 0 Å². The minimum Gasteiger partial charge on any atom is -0.481 e. The van der Waals surface area contributed by atoms with Gasteiger partial charge in [0, 0.05) is 18.1 Å². The monoisotopic (exact) mass is 301 g/mol. The average molecular weight is 301 g/mol. The molecule has 20 heavy (non-hydrogen) atoms. The Morgan fingerprint density at radius 2 is 2.00 bits per heavy atom. The van der Waals surface area contributed by atoms with E-state index in [-0.39, 0.29) is 13.0 Å². The van der Waals surface area contributed by atoms with Crippen molar-refractivity contribution in [2.75, 3.05) is 18.1 Å². The molecule has 0 aromatic heterocycles. The van der Waals surface area contributed by atoms with Crippen LogP contribution in [0.15, 0.2) is 18.2 Å². The number of carbonyl (C=O) groups is 2. The molecule has 1 fully saturated rings. The molecule has 1 aromatic carbocycles. The Morgan fingerprint density at radius 3 is 2.60 bits per heavy atom. The summed E-state index contributed by atoms with van der Waals surface area (Å²) in [4.78, 5) is 24.3. The Balaban J connectivity index is 2.28. The summed E-state index contributed by atoms with van der Waals surface area (Å²) in [6.45, 7) is 0.287. The maximum atomic E-state index is 13.6. The number of hydrogen-bond donors (Lipinski definition) is 1. The first-order chi connectivity index (χ1) is 9.50. The van der Waals surface area contributed by atoms with Crippen LogP contribution in [0.2, 0.25) is 0 Å². The third-order valence-electron chi connectivity index (χ3n) is 3.08. The van der Waals surface area contributed by atoms with E-state index in [0.717, 1.165) is 12.1 Å². The third-order valence-corrected chi connectivity index (χ3v) is 4.17. The Kier molecular flexibility index (Phi) is 4.59. The molecule has 1 saturated heterocycles. The van der Waals surface area contributed by atoms with Crippen molar-refractivity contribution in [1.29, 1.82) is 0 Å². The first-order valence-corrected chi connectivity index (χ1v) is 7.20. The predicted octanol–water partition coefficient (Wildman–Crippen LogP) is 2.00. The molecule has 0 radical (unpaired) electrons. The molecule has 1 aliphatic rings. The number of carbonyl (C=O) groups excluding carboxylic acids is 1. The van der Waals surface area contributed by atoms with Crippen LogP contribution in [0.4, 0.5) is 8.78 Å². The van der Waals surface area contributed by atoms with Gasteiger partial charge in [-0.15, -0.1) is 0 Å². The molecule has 1 unspecified atom stereocenters. The fourth-order valence-corrected chi connectivity index (χ4v) is 3.20. The van der Waals surface area contributed by atoms with E-state index < -0.39 is 35.1 Å². The van der Waals surface area contributed by atoms with Crippen molar-refractivity contribution in [3.05, 3.63) is 35.4 Å². The van der Waals surface area contributed by atoms with Gasteiger partial charge >= 0.3 is 5.97 Å². The van der Waals surface area contributed by atoms with Gasteiger partial charge in [0.2, 0.25) is 0 Å².